The number of hydrogen-bond acceptors (Lipinski definition) is 5. The van der Waals surface area contributed by atoms with Gasteiger partial charge in [-0.2, -0.15) is 0 Å². The van der Waals surface area contributed by atoms with Crippen LogP contribution in [0.3, 0.4) is 0 Å². The van der Waals surface area contributed by atoms with Crippen LogP contribution in [0.4, 0.5) is 11.5 Å². The maximum Gasteiger partial charge on any atom is 0.218 e. The highest BCUT2D eigenvalue weighted by molar-refractivity contribution is 7.99. The summed E-state index contributed by atoms with van der Waals surface area (Å²) in [7, 11) is 0. The first kappa shape index (κ1) is 15.3. The molecule has 1 heterocycles. The van der Waals surface area contributed by atoms with Gasteiger partial charge < -0.3 is 11.1 Å². The Morgan fingerprint density at radius 2 is 1.78 bits per heavy atom. The summed E-state index contributed by atoms with van der Waals surface area (Å²) < 4.78 is 0. The Kier molecular flexibility index (Phi) is 4.73. The third kappa shape index (κ3) is 3.98. The third-order valence-corrected chi connectivity index (χ3v) is 4.05. The molecule has 0 aliphatic heterocycles. The number of thioether (sulfide) groups is 1. The van der Waals surface area contributed by atoms with E-state index in [4.69, 9.17) is 5.73 Å². The standard InChI is InChI=1S/C17H16N4OS/c18-15(22)10-11-23-17-20-14-9-5-4-8-13(14)16(21-17)19-12-6-2-1-3-7-12/h1-9H,10-11H2,(H2,18,22)(H,19,20,21). The van der Waals surface area contributed by atoms with E-state index < -0.39 is 0 Å². The first-order chi connectivity index (χ1) is 11.2. The molecule has 0 radical (unpaired) electrons. The lowest BCUT2D eigenvalue weighted by atomic mass is 10.2. The number of hydrogen-bond donors (Lipinski definition) is 2. The lowest BCUT2D eigenvalue weighted by molar-refractivity contribution is -0.117. The number of nitrogens with two attached hydrogens (primary N) is 1. The highest BCUT2D eigenvalue weighted by Crippen LogP contribution is 2.26. The molecule has 3 rings (SSSR count). The number of fused-ring (bicyclic) bond motifs is 1. The lowest BCUT2D eigenvalue weighted by Crippen LogP contribution is -2.11. The molecular formula is C17H16N4OS. The fourth-order valence-electron chi connectivity index (χ4n) is 2.12. The number of rotatable bonds is 6. The molecule has 0 aliphatic carbocycles. The zero-order valence-electron chi connectivity index (χ0n) is 12.4. The maximum absolute atomic E-state index is 10.9. The molecule has 0 bridgehead atoms. The average molecular weight is 324 g/mol. The van der Waals surface area contributed by atoms with Gasteiger partial charge in [-0.1, -0.05) is 42.1 Å². The van der Waals surface area contributed by atoms with Crippen molar-refractivity contribution in [3.63, 3.8) is 0 Å². The van der Waals surface area contributed by atoms with Crippen molar-refractivity contribution in [2.24, 2.45) is 5.73 Å². The van der Waals surface area contributed by atoms with Gasteiger partial charge in [0.25, 0.3) is 0 Å². The van der Waals surface area contributed by atoms with Gasteiger partial charge in [0.05, 0.1) is 5.52 Å². The first-order valence-corrected chi connectivity index (χ1v) is 8.21. The molecule has 1 amide bonds. The number of aromatic nitrogens is 2. The summed E-state index contributed by atoms with van der Waals surface area (Å²) in [5.74, 6) is 1.00. The number of nitrogens with zero attached hydrogens (tertiary/aromatic N) is 2. The summed E-state index contributed by atoms with van der Waals surface area (Å²) in [4.78, 5) is 20.0. The van der Waals surface area contributed by atoms with E-state index in [2.05, 4.69) is 15.3 Å². The summed E-state index contributed by atoms with van der Waals surface area (Å²) in [6.07, 6.45) is 0.308. The number of carbonyl (C=O) groups is 1. The van der Waals surface area contributed by atoms with Crippen molar-refractivity contribution < 1.29 is 4.79 Å². The van der Waals surface area contributed by atoms with Crippen LogP contribution in [0.5, 0.6) is 0 Å². The highest BCUT2D eigenvalue weighted by Gasteiger charge is 2.08. The molecule has 6 heteroatoms. The van der Waals surface area contributed by atoms with Crippen LogP contribution in [0.15, 0.2) is 59.8 Å². The van der Waals surface area contributed by atoms with Crippen LogP contribution >= 0.6 is 11.8 Å². The minimum Gasteiger partial charge on any atom is -0.370 e. The Morgan fingerprint density at radius 3 is 2.57 bits per heavy atom. The van der Waals surface area contributed by atoms with Crippen LogP contribution in [0.2, 0.25) is 0 Å². The molecule has 0 saturated carbocycles. The van der Waals surface area contributed by atoms with Gasteiger partial charge in [0, 0.05) is 23.2 Å². The van der Waals surface area contributed by atoms with Gasteiger partial charge in [-0.3, -0.25) is 4.79 Å². The molecule has 5 nitrogen and oxygen atoms in total. The molecule has 3 N–H and O–H groups in total. The fourth-order valence-corrected chi connectivity index (χ4v) is 2.92. The molecule has 0 saturated heterocycles. The first-order valence-electron chi connectivity index (χ1n) is 7.22. The summed E-state index contributed by atoms with van der Waals surface area (Å²) in [6.45, 7) is 0. The summed E-state index contributed by atoms with van der Waals surface area (Å²) >= 11 is 1.43. The van der Waals surface area contributed by atoms with Gasteiger partial charge in [0.15, 0.2) is 5.16 Å². The monoisotopic (exact) mass is 324 g/mol. The molecule has 0 fully saturated rings. The van der Waals surface area contributed by atoms with E-state index in [1.54, 1.807) is 0 Å². The topological polar surface area (TPSA) is 80.9 Å². The number of benzene rings is 2. The molecule has 0 unspecified atom stereocenters. The van der Waals surface area contributed by atoms with Crippen molar-refractivity contribution >= 4 is 40.1 Å². The van der Waals surface area contributed by atoms with Gasteiger partial charge in [-0.05, 0) is 24.3 Å². The van der Waals surface area contributed by atoms with Crippen LogP contribution in [0.1, 0.15) is 6.42 Å². The van der Waals surface area contributed by atoms with E-state index in [1.807, 2.05) is 54.6 Å². The van der Waals surface area contributed by atoms with Crippen molar-refractivity contribution in [2.45, 2.75) is 11.6 Å². The molecule has 2 aromatic carbocycles. The van der Waals surface area contributed by atoms with Gasteiger partial charge in [0.1, 0.15) is 5.82 Å². The fraction of sp³-hybridized carbons (Fsp3) is 0.118. The van der Waals surface area contributed by atoms with Crippen molar-refractivity contribution in [1.82, 2.24) is 9.97 Å². The number of nitrogens with one attached hydrogen (secondary N) is 1. The van der Waals surface area contributed by atoms with Crippen LogP contribution in [-0.4, -0.2) is 21.6 Å². The largest absolute Gasteiger partial charge is 0.370 e. The summed E-state index contributed by atoms with van der Waals surface area (Å²) in [6, 6.07) is 17.7. The Morgan fingerprint density at radius 1 is 1.04 bits per heavy atom. The summed E-state index contributed by atoms with van der Waals surface area (Å²) in [5.41, 5.74) is 7.00. The minimum absolute atomic E-state index is 0.308. The average Bonchev–Trinajstić information content (AvgIpc) is 2.55. The predicted octanol–water partition coefficient (Wildman–Crippen LogP) is 3.34. The summed E-state index contributed by atoms with van der Waals surface area (Å²) in [5, 5.41) is 4.91. The number of carbonyl (C=O) groups excluding carboxylic acids is 1. The number of primary amides is 1. The van der Waals surface area contributed by atoms with E-state index in [0.717, 1.165) is 22.4 Å². The zero-order valence-corrected chi connectivity index (χ0v) is 13.2. The molecule has 3 aromatic rings. The van der Waals surface area contributed by atoms with Crippen molar-refractivity contribution in [3.05, 3.63) is 54.6 Å². The Hall–Kier alpha value is -2.60. The Bertz CT molecular complexity index is 823. The normalized spacial score (nSPS) is 10.6. The molecular weight excluding hydrogens is 308 g/mol. The second-order valence-corrected chi connectivity index (χ2v) is 5.99. The quantitative estimate of drug-likeness (QED) is 0.537. The minimum atomic E-state index is -0.319. The van der Waals surface area contributed by atoms with E-state index in [1.165, 1.54) is 11.8 Å². The van der Waals surface area contributed by atoms with Crippen molar-refractivity contribution in [1.29, 1.82) is 0 Å². The van der Waals surface area contributed by atoms with E-state index in [-0.39, 0.29) is 5.91 Å². The van der Waals surface area contributed by atoms with Crippen LogP contribution < -0.4 is 11.1 Å². The highest BCUT2D eigenvalue weighted by atomic mass is 32.2. The molecule has 23 heavy (non-hydrogen) atoms. The van der Waals surface area contributed by atoms with Gasteiger partial charge in [-0.25, -0.2) is 9.97 Å². The Labute approximate surface area is 138 Å². The van der Waals surface area contributed by atoms with Gasteiger partial charge in [0.2, 0.25) is 5.91 Å². The second-order valence-electron chi connectivity index (χ2n) is 4.93. The van der Waals surface area contributed by atoms with Crippen LogP contribution in [-0.2, 0) is 4.79 Å². The molecule has 0 atom stereocenters. The van der Waals surface area contributed by atoms with Crippen molar-refractivity contribution in [2.75, 3.05) is 11.1 Å². The SMILES string of the molecule is NC(=O)CCSc1nc(Nc2ccccc2)c2ccccc2n1. The second kappa shape index (κ2) is 7.11. The van der Waals surface area contributed by atoms with Crippen molar-refractivity contribution in [3.8, 4) is 0 Å². The van der Waals surface area contributed by atoms with E-state index in [9.17, 15) is 4.79 Å². The maximum atomic E-state index is 10.9. The lowest BCUT2D eigenvalue weighted by Gasteiger charge is -2.10. The van der Waals surface area contributed by atoms with Gasteiger partial charge in [-0.15, -0.1) is 0 Å². The molecule has 116 valence electrons. The smallest absolute Gasteiger partial charge is 0.218 e. The number of para-hydroxylation sites is 2. The zero-order chi connectivity index (χ0) is 16.1. The number of anilines is 2. The van der Waals surface area contributed by atoms with E-state index >= 15 is 0 Å². The molecule has 1 aromatic heterocycles. The molecule has 0 spiro atoms. The molecule has 0 aliphatic rings. The van der Waals surface area contributed by atoms with E-state index in [0.29, 0.717) is 17.3 Å². The third-order valence-electron chi connectivity index (χ3n) is 3.20. The Balaban J connectivity index is 1.92. The number of amides is 1. The van der Waals surface area contributed by atoms with Crippen LogP contribution in [0.25, 0.3) is 10.9 Å². The predicted molar refractivity (Wildman–Crippen MR) is 93.8 cm³/mol. The van der Waals surface area contributed by atoms with Gasteiger partial charge >= 0.3 is 0 Å². The van der Waals surface area contributed by atoms with Crippen LogP contribution in [0, 0.1) is 0 Å².